The topological polar surface area (TPSA) is 32.7 Å². The molecule has 3 nitrogen and oxygen atoms in total. The van der Waals surface area contributed by atoms with Crippen molar-refractivity contribution in [3.8, 4) is 0 Å². The predicted molar refractivity (Wildman–Crippen MR) is 75.5 cm³/mol. The highest BCUT2D eigenvalue weighted by molar-refractivity contribution is 9.10. The van der Waals surface area contributed by atoms with Gasteiger partial charge < -0.3 is 9.84 Å². The summed E-state index contributed by atoms with van der Waals surface area (Å²) >= 11 is 3.58. The lowest BCUT2D eigenvalue weighted by molar-refractivity contribution is 0.0621. The molecule has 0 radical (unpaired) electrons. The van der Waals surface area contributed by atoms with Gasteiger partial charge in [0, 0.05) is 30.2 Å². The summed E-state index contributed by atoms with van der Waals surface area (Å²) in [6, 6.07) is 8.65. The minimum absolute atomic E-state index is 0.188. The highest BCUT2D eigenvalue weighted by atomic mass is 79.9. The van der Waals surface area contributed by atoms with Crippen LogP contribution in [0.15, 0.2) is 28.7 Å². The first kappa shape index (κ1) is 14.0. The molecular formula is C14H20BrNO2. The number of aliphatic hydroxyl groups excluding tert-OH is 1. The molecule has 1 aromatic rings. The monoisotopic (exact) mass is 313 g/mol. The molecule has 0 aromatic heterocycles. The molecule has 0 unspecified atom stereocenters. The van der Waals surface area contributed by atoms with Crippen LogP contribution in [0.3, 0.4) is 0 Å². The summed E-state index contributed by atoms with van der Waals surface area (Å²) in [4.78, 5) is 2.32. The highest BCUT2D eigenvalue weighted by Gasteiger charge is 2.29. The average Bonchev–Trinajstić information content (AvgIpc) is 2.78. The first-order chi connectivity index (χ1) is 8.72. The fourth-order valence-corrected chi connectivity index (χ4v) is 2.95. The van der Waals surface area contributed by atoms with Crippen LogP contribution in [-0.4, -0.2) is 41.9 Å². The molecule has 1 N–H and O–H groups in total. The Morgan fingerprint density at radius 2 is 2.22 bits per heavy atom. The lowest BCUT2D eigenvalue weighted by Crippen LogP contribution is -2.41. The summed E-state index contributed by atoms with van der Waals surface area (Å²) in [6.45, 7) is 4.67. The Bertz CT molecular complexity index is 386. The number of halogens is 1. The molecule has 18 heavy (non-hydrogen) atoms. The summed E-state index contributed by atoms with van der Waals surface area (Å²) in [5, 5.41) is 9.24. The molecule has 1 aliphatic heterocycles. The molecule has 4 heteroatoms. The molecule has 100 valence electrons. The molecule has 0 amide bonds. The van der Waals surface area contributed by atoms with E-state index in [-0.39, 0.29) is 12.7 Å². The first-order valence-electron chi connectivity index (χ1n) is 6.42. The molecule has 0 bridgehead atoms. The van der Waals surface area contributed by atoms with Crippen LogP contribution in [0.25, 0.3) is 0 Å². The third-order valence-corrected chi connectivity index (χ3v) is 4.30. The van der Waals surface area contributed by atoms with Gasteiger partial charge in [-0.15, -0.1) is 0 Å². The number of hydrogen-bond acceptors (Lipinski definition) is 3. The van der Waals surface area contributed by atoms with E-state index in [0.29, 0.717) is 12.6 Å². The second kappa shape index (κ2) is 6.66. The zero-order valence-corrected chi connectivity index (χ0v) is 12.3. The molecule has 0 spiro atoms. The zero-order chi connectivity index (χ0) is 13.0. The minimum atomic E-state index is 0.188. The second-order valence-electron chi connectivity index (χ2n) is 4.72. The van der Waals surface area contributed by atoms with Crippen LogP contribution < -0.4 is 0 Å². The predicted octanol–water partition coefficient (Wildman–Crippen LogP) is 2.42. The van der Waals surface area contributed by atoms with Gasteiger partial charge in [-0.1, -0.05) is 34.1 Å². The lowest BCUT2D eigenvalue weighted by atomic mass is 10.1. The lowest BCUT2D eigenvalue weighted by Gasteiger charge is -2.30. The molecule has 1 aliphatic rings. The summed E-state index contributed by atoms with van der Waals surface area (Å²) in [5.74, 6) is 0. The maximum Gasteiger partial charge on any atom is 0.0703 e. The molecule has 1 fully saturated rings. The first-order valence-corrected chi connectivity index (χ1v) is 7.21. The maximum atomic E-state index is 9.24. The number of benzene rings is 1. The largest absolute Gasteiger partial charge is 0.395 e. The van der Waals surface area contributed by atoms with Gasteiger partial charge in [0.15, 0.2) is 0 Å². The molecule has 2 atom stereocenters. The van der Waals surface area contributed by atoms with Gasteiger partial charge in [-0.25, -0.2) is 0 Å². The van der Waals surface area contributed by atoms with E-state index in [1.165, 1.54) is 5.56 Å². The molecule has 1 aromatic carbocycles. The van der Waals surface area contributed by atoms with Crippen LogP contribution >= 0.6 is 15.9 Å². The summed E-state index contributed by atoms with van der Waals surface area (Å²) in [6.07, 6.45) is 1.30. The third kappa shape index (κ3) is 3.32. The van der Waals surface area contributed by atoms with Crippen molar-refractivity contribution < 1.29 is 9.84 Å². The molecule has 0 saturated carbocycles. The van der Waals surface area contributed by atoms with Gasteiger partial charge in [0.05, 0.1) is 12.7 Å². The van der Waals surface area contributed by atoms with Crippen molar-refractivity contribution in [2.75, 3.05) is 19.8 Å². The Hall–Kier alpha value is -0.420. The Balaban J connectivity index is 2.08. The van der Waals surface area contributed by atoms with E-state index in [1.807, 2.05) is 12.1 Å². The van der Waals surface area contributed by atoms with Crippen LogP contribution in [0, 0.1) is 0 Å². The fraction of sp³-hybridized carbons (Fsp3) is 0.571. The quantitative estimate of drug-likeness (QED) is 0.906. The number of nitrogens with zero attached hydrogens (tertiary/aromatic N) is 1. The molecule has 1 heterocycles. The van der Waals surface area contributed by atoms with Crippen molar-refractivity contribution in [3.63, 3.8) is 0 Å². The van der Waals surface area contributed by atoms with Crippen molar-refractivity contribution in [3.05, 3.63) is 34.3 Å². The second-order valence-corrected chi connectivity index (χ2v) is 5.57. The van der Waals surface area contributed by atoms with Crippen LogP contribution in [0.2, 0.25) is 0 Å². The Labute approximate surface area is 117 Å². The number of rotatable bonds is 5. The van der Waals surface area contributed by atoms with Gasteiger partial charge in [0.2, 0.25) is 0 Å². The van der Waals surface area contributed by atoms with Gasteiger partial charge in [-0.2, -0.15) is 0 Å². The van der Waals surface area contributed by atoms with E-state index >= 15 is 0 Å². The molecular weight excluding hydrogens is 294 g/mol. The molecule has 0 aliphatic carbocycles. The Morgan fingerprint density at radius 1 is 1.44 bits per heavy atom. The van der Waals surface area contributed by atoms with Crippen molar-refractivity contribution in [1.29, 1.82) is 0 Å². The van der Waals surface area contributed by atoms with E-state index in [9.17, 15) is 5.11 Å². The van der Waals surface area contributed by atoms with Gasteiger partial charge in [-0.3, -0.25) is 4.90 Å². The van der Waals surface area contributed by atoms with Crippen molar-refractivity contribution in [2.45, 2.75) is 32.0 Å². The van der Waals surface area contributed by atoms with E-state index in [4.69, 9.17) is 4.74 Å². The third-order valence-electron chi connectivity index (χ3n) is 3.52. The normalized spacial score (nSPS) is 23.8. The van der Waals surface area contributed by atoms with Gasteiger partial charge in [-0.05, 0) is 25.0 Å². The standard InChI is InChI=1S/C14H20BrNO2/c1-11-14(6-9-18-11)16(7-8-17)10-12-4-2-3-5-13(12)15/h2-5,11,14,17H,6-10H2,1H3/t11-,14+/m1/s1. The Kier molecular flexibility index (Phi) is 5.18. The van der Waals surface area contributed by atoms with Gasteiger partial charge in [0.1, 0.15) is 0 Å². The number of hydrogen-bond donors (Lipinski definition) is 1. The van der Waals surface area contributed by atoms with Gasteiger partial charge >= 0.3 is 0 Å². The van der Waals surface area contributed by atoms with Crippen LogP contribution in [0.4, 0.5) is 0 Å². The summed E-state index contributed by atoms with van der Waals surface area (Å²) < 4.78 is 6.75. The van der Waals surface area contributed by atoms with Crippen LogP contribution in [0.5, 0.6) is 0 Å². The van der Waals surface area contributed by atoms with Crippen molar-refractivity contribution in [2.24, 2.45) is 0 Å². The van der Waals surface area contributed by atoms with E-state index in [0.717, 1.165) is 24.0 Å². The highest BCUT2D eigenvalue weighted by Crippen LogP contribution is 2.24. The van der Waals surface area contributed by atoms with Gasteiger partial charge in [0.25, 0.3) is 0 Å². The summed E-state index contributed by atoms with van der Waals surface area (Å²) in [7, 11) is 0. The average molecular weight is 314 g/mol. The molecule has 1 saturated heterocycles. The van der Waals surface area contributed by atoms with E-state index < -0.39 is 0 Å². The SMILES string of the molecule is C[C@H]1OCC[C@@H]1N(CCO)Cc1ccccc1Br. The number of ether oxygens (including phenoxy) is 1. The van der Waals surface area contributed by atoms with Crippen LogP contribution in [0.1, 0.15) is 18.9 Å². The van der Waals surface area contributed by atoms with Crippen LogP contribution in [-0.2, 0) is 11.3 Å². The number of aliphatic hydroxyl groups is 1. The fourth-order valence-electron chi connectivity index (χ4n) is 2.54. The van der Waals surface area contributed by atoms with E-state index in [2.05, 4.69) is 39.9 Å². The minimum Gasteiger partial charge on any atom is -0.395 e. The van der Waals surface area contributed by atoms with Crippen molar-refractivity contribution in [1.82, 2.24) is 4.90 Å². The Morgan fingerprint density at radius 3 is 2.83 bits per heavy atom. The molecule has 2 rings (SSSR count). The van der Waals surface area contributed by atoms with E-state index in [1.54, 1.807) is 0 Å². The maximum absolute atomic E-state index is 9.24. The zero-order valence-electron chi connectivity index (χ0n) is 10.7. The summed E-state index contributed by atoms with van der Waals surface area (Å²) in [5.41, 5.74) is 1.25. The smallest absolute Gasteiger partial charge is 0.0703 e. The van der Waals surface area contributed by atoms with Crippen molar-refractivity contribution >= 4 is 15.9 Å².